The van der Waals surface area contributed by atoms with Gasteiger partial charge in [-0.05, 0) is 42.5 Å². The largest absolute Gasteiger partial charge is 0.390 e. The summed E-state index contributed by atoms with van der Waals surface area (Å²) in [5.41, 5.74) is 4.13. The normalized spacial score (nSPS) is 22.9. The van der Waals surface area contributed by atoms with Gasteiger partial charge in [-0.2, -0.15) is 13.2 Å². The first kappa shape index (κ1) is 20.0. The molecule has 2 aromatic rings. The smallest absolute Gasteiger partial charge is 0.361 e. The maximum atomic E-state index is 13.0. The van der Waals surface area contributed by atoms with E-state index in [0.29, 0.717) is 13.0 Å². The van der Waals surface area contributed by atoms with Gasteiger partial charge in [0.15, 0.2) is 0 Å². The fraction of sp³-hybridized carbons (Fsp3) is 0.500. The summed E-state index contributed by atoms with van der Waals surface area (Å²) in [6.07, 6.45) is 0.304. The Labute approximate surface area is 168 Å². The second kappa shape index (κ2) is 7.52. The number of hydrogen-bond acceptors (Lipinski definition) is 2. The monoisotopic (exact) mass is 405 g/mol. The maximum Gasteiger partial charge on any atom is 0.390 e. The van der Waals surface area contributed by atoms with Crippen LogP contribution in [0.15, 0.2) is 30.5 Å². The van der Waals surface area contributed by atoms with Gasteiger partial charge in [0.2, 0.25) is 5.91 Å². The van der Waals surface area contributed by atoms with E-state index in [1.165, 1.54) is 0 Å². The van der Waals surface area contributed by atoms with Crippen LogP contribution in [0.2, 0.25) is 0 Å². The molecule has 1 aliphatic carbocycles. The van der Waals surface area contributed by atoms with Crippen molar-refractivity contribution in [3.8, 4) is 0 Å². The summed E-state index contributed by atoms with van der Waals surface area (Å²) < 4.78 is 38.9. The SMILES string of the molecule is CC[C@@H](C)NC(=O)[C@@H]1C=C2c3cccc4[nH]cc(c34)CC2N(CCC(F)(F)F)C1. The van der Waals surface area contributed by atoms with Crippen LogP contribution in [0, 0.1) is 5.92 Å². The molecule has 3 atom stereocenters. The van der Waals surface area contributed by atoms with Crippen molar-refractivity contribution in [2.45, 2.75) is 51.4 Å². The summed E-state index contributed by atoms with van der Waals surface area (Å²) in [6.45, 7) is 4.13. The molecule has 0 saturated carbocycles. The van der Waals surface area contributed by atoms with Crippen LogP contribution in [0.25, 0.3) is 16.5 Å². The predicted molar refractivity (Wildman–Crippen MR) is 107 cm³/mol. The Balaban J connectivity index is 1.71. The van der Waals surface area contributed by atoms with Crippen molar-refractivity contribution < 1.29 is 18.0 Å². The summed E-state index contributed by atoms with van der Waals surface area (Å²) in [5, 5.41) is 4.11. The summed E-state index contributed by atoms with van der Waals surface area (Å²) in [6, 6.07) is 5.85. The Morgan fingerprint density at radius 1 is 1.38 bits per heavy atom. The van der Waals surface area contributed by atoms with Gasteiger partial charge in [-0.1, -0.05) is 25.1 Å². The number of aromatic nitrogens is 1. The molecule has 156 valence electrons. The molecule has 0 fully saturated rings. The molecule has 29 heavy (non-hydrogen) atoms. The molecule has 1 aromatic heterocycles. The number of nitrogens with one attached hydrogen (secondary N) is 2. The van der Waals surface area contributed by atoms with Crippen molar-refractivity contribution in [3.05, 3.63) is 41.6 Å². The number of fused-ring (bicyclic) bond motifs is 2. The van der Waals surface area contributed by atoms with Gasteiger partial charge in [0.1, 0.15) is 0 Å². The van der Waals surface area contributed by atoms with Crippen LogP contribution in [0.1, 0.15) is 37.8 Å². The van der Waals surface area contributed by atoms with Crippen molar-refractivity contribution >= 4 is 22.4 Å². The Hall–Kier alpha value is -2.28. The number of carbonyl (C=O) groups excluding carboxylic acids is 1. The minimum atomic E-state index is -4.22. The minimum absolute atomic E-state index is 0.0355. The molecule has 0 bridgehead atoms. The highest BCUT2D eigenvalue weighted by molar-refractivity contribution is 5.99. The van der Waals surface area contributed by atoms with Crippen molar-refractivity contribution in [2.24, 2.45) is 5.92 Å². The average molecular weight is 405 g/mol. The molecule has 1 aromatic carbocycles. The highest BCUT2D eigenvalue weighted by atomic mass is 19.4. The summed E-state index contributed by atoms with van der Waals surface area (Å²) in [4.78, 5) is 17.9. The third-order valence-electron chi connectivity index (χ3n) is 6.14. The molecular formula is C22H26F3N3O. The number of amides is 1. The number of benzene rings is 1. The fourth-order valence-corrected chi connectivity index (χ4v) is 4.46. The molecule has 1 aliphatic heterocycles. The van der Waals surface area contributed by atoms with Crippen LogP contribution in [0.5, 0.6) is 0 Å². The lowest BCUT2D eigenvalue weighted by Gasteiger charge is -2.42. The zero-order valence-corrected chi connectivity index (χ0v) is 16.6. The Morgan fingerprint density at radius 2 is 2.17 bits per heavy atom. The van der Waals surface area contributed by atoms with Crippen molar-refractivity contribution in [2.75, 3.05) is 13.1 Å². The molecule has 1 unspecified atom stereocenters. The van der Waals surface area contributed by atoms with Crippen LogP contribution >= 0.6 is 0 Å². The second-order valence-corrected chi connectivity index (χ2v) is 8.17. The molecule has 2 aliphatic rings. The molecule has 0 radical (unpaired) electrons. The van der Waals surface area contributed by atoms with Gasteiger partial charge >= 0.3 is 6.18 Å². The van der Waals surface area contributed by atoms with Gasteiger partial charge in [0.25, 0.3) is 0 Å². The standard InChI is InChI=1S/C22H26F3N3O/c1-3-13(2)27-21(29)15-9-17-16-5-4-6-18-20(16)14(11-26-18)10-19(17)28(12-15)8-7-22(23,24)25/h4-6,9,11,13,15,19,26H,3,7-8,10,12H2,1-2H3,(H,27,29)/t13-,15-,19?/m1/s1. The lowest BCUT2D eigenvalue weighted by atomic mass is 9.79. The Morgan fingerprint density at radius 3 is 2.90 bits per heavy atom. The van der Waals surface area contributed by atoms with Gasteiger partial charge in [-0.3, -0.25) is 9.69 Å². The van der Waals surface area contributed by atoms with Crippen molar-refractivity contribution in [3.63, 3.8) is 0 Å². The molecule has 4 rings (SSSR count). The van der Waals surface area contributed by atoms with E-state index in [0.717, 1.165) is 34.0 Å². The van der Waals surface area contributed by atoms with Gasteiger partial charge in [-0.15, -0.1) is 0 Å². The molecule has 0 saturated heterocycles. The number of aromatic amines is 1. The van der Waals surface area contributed by atoms with E-state index in [-0.39, 0.29) is 24.5 Å². The fourth-order valence-electron chi connectivity index (χ4n) is 4.46. The van der Waals surface area contributed by atoms with Crippen molar-refractivity contribution in [1.82, 2.24) is 15.2 Å². The van der Waals surface area contributed by atoms with E-state index >= 15 is 0 Å². The zero-order valence-electron chi connectivity index (χ0n) is 16.6. The summed E-state index contributed by atoms with van der Waals surface area (Å²) in [7, 11) is 0. The third kappa shape index (κ3) is 3.92. The molecular weight excluding hydrogens is 379 g/mol. The quantitative estimate of drug-likeness (QED) is 0.780. The van der Waals surface area contributed by atoms with Gasteiger partial charge < -0.3 is 10.3 Å². The van der Waals surface area contributed by atoms with E-state index in [4.69, 9.17) is 0 Å². The topological polar surface area (TPSA) is 48.1 Å². The number of rotatable bonds is 5. The zero-order chi connectivity index (χ0) is 20.8. The first-order valence-electron chi connectivity index (χ1n) is 10.2. The Kier molecular flexibility index (Phi) is 5.19. The third-order valence-corrected chi connectivity index (χ3v) is 6.14. The molecule has 2 N–H and O–H groups in total. The molecule has 2 heterocycles. The van der Waals surface area contributed by atoms with Crippen molar-refractivity contribution in [1.29, 1.82) is 0 Å². The Bertz CT molecular complexity index is 946. The lowest BCUT2D eigenvalue weighted by molar-refractivity contribution is -0.139. The minimum Gasteiger partial charge on any atom is -0.361 e. The molecule has 4 nitrogen and oxygen atoms in total. The van der Waals surface area contributed by atoms with Crippen LogP contribution in [0.4, 0.5) is 13.2 Å². The number of nitrogens with zero attached hydrogens (tertiary/aromatic N) is 1. The molecule has 1 amide bonds. The lowest BCUT2D eigenvalue weighted by Crippen LogP contribution is -2.50. The predicted octanol–water partition coefficient (Wildman–Crippen LogP) is 4.27. The van der Waals surface area contributed by atoms with Crippen LogP contribution in [0.3, 0.4) is 0 Å². The van der Waals surface area contributed by atoms with E-state index in [2.05, 4.69) is 10.3 Å². The number of alkyl halides is 3. The number of carbonyl (C=O) groups is 1. The number of H-pyrrole nitrogens is 1. The molecule has 0 spiro atoms. The summed E-state index contributed by atoms with van der Waals surface area (Å²) >= 11 is 0. The average Bonchev–Trinajstić information content (AvgIpc) is 3.10. The van der Waals surface area contributed by atoms with E-state index in [9.17, 15) is 18.0 Å². The van der Waals surface area contributed by atoms with Crippen LogP contribution < -0.4 is 5.32 Å². The number of hydrogen-bond donors (Lipinski definition) is 2. The van der Waals surface area contributed by atoms with Gasteiger partial charge in [0.05, 0.1) is 12.3 Å². The summed E-state index contributed by atoms with van der Waals surface area (Å²) in [5.74, 6) is -0.575. The van der Waals surface area contributed by atoms with Crippen LogP contribution in [-0.4, -0.2) is 47.1 Å². The highest BCUT2D eigenvalue weighted by Gasteiger charge is 2.39. The van der Waals surface area contributed by atoms with E-state index in [1.54, 1.807) is 0 Å². The van der Waals surface area contributed by atoms with Crippen LogP contribution in [-0.2, 0) is 11.2 Å². The highest BCUT2D eigenvalue weighted by Crippen LogP contribution is 2.41. The van der Waals surface area contributed by atoms with Gasteiger partial charge in [-0.25, -0.2) is 0 Å². The first-order valence-corrected chi connectivity index (χ1v) is 10.2. The van der Waals surface area contributed by atoms with E-state index < -0.39 is 18.5 Å². The van der Waals surface area contributed by atoms with Gasteiger partial charge in [0, 0.05) is 42.3 Å². The molecule has 7 heteroatoms. The first-order chi connectivity index (χ1) is 13.8. The number of halogens is 3. The second-order valence-electron chi connectivity index (χ2n) is 8.17. The van der Waals surface area contributed by atoms with E-state index in [1.807, 2.05) is 49.2 Å². The maximum absolute atomic E-state index is 13.0.